The van der Waals surface area contributed by atoms with Gasteiger partial charge in [-0.2, -0.15) is 0 Å². The Morgan fingerprint density at radius 2 is 2.24 bits per heavy atom. The molecule has 0 saturated carbocycles. The van der Waals surface area contributed by atoms with Crippen molar-refractivity contribution in [3.05, 3.63) is 35.0 Å². The van der Waals surface area contributed by atoms with Crippen molar-refractivity contribution < 1.29 is 0 Å². The molecule has 1 aliphatic rings. The molecule has 1 N–H and O–H groups in total. The highest BCUT2D eigenvalue weighted by Crippen LogP contribution is 2.31. The summed E-state index contributed by atoms with van der Waals surface area (Å²) >= 11 is 6.35. The Morgan fingerprint density at radius 1 is 1.35 bits per heavy atom. The first-order valence-corrected chi connectivity index (χ1v) is 6.61. The second-order valence-electron chi connectivity index (χ2n) is 4.86. The Kier molecular flexibility index (Phi) is 2.85. The third-order valence-corrected chi connectivity index (χ3v) is 4.00. The molecule has 0 bridgehead atoms. The lowest BCUT2D eigenvalue weighted by atomic mass is 9.97. The third-order valence-electron chi connectivity index (χ3n) is 3.69. The number of nitrogens with zero attached hydrogens (tertiary/aromatic N) is 1. The molecule has 2 nitrogen and oxygen atoms in total. The number of aromatic nitrogens is 1. The van der Waals surface area contributed by atoms with E-state index in [1.165, 1.54) is 30.3 Å². The van der Waals surface area contributed by atoms with Gasteiger partial charge in [0.25, 0.3) is 0 Å². The highest BCUT2D eigenvalue weighted by molar-refractivity contribution is 6.35. The lowest BCUT2D eigenvalue weighted by molar-refractivity contribution is 0.412. The van der Waals surface area contributed by atoms with Crippen LogP contribution in [0.2, 0.25) is 5.02 Å². The van der Waals surface area contributed by atoms with Crippen LogP contribution < -0.4 is 5.32 Å². The van der Waals surface area contributed by atoms with Gasteiger partial charge in [-0.3, -0.25) is 0 Å². The van der Waals surface area contributed by atoms with E-state index in [9.17, 15) is 0 Å². The van der Waals surface area contributed by atoms with E-state index in [2.05, 4.69) is 41.3 Å². The Balaban J connectivity index is 2.07. The summed E-state index contributed by atoms with van der Waals surface area (Å²) in [6.07, 6.45) is 5.87. The standard InChI is InChI=1S/C14H17ClN2/c1-17-7-5-11-12(15)8-10(9-14(11)17)13-4-2-3-6-16-13/h5,7-9,13,16H,2-4,6H2,1H3. The van der Waals surface area contributed by atoms with Crippen LogP contribution >= 0.6 is 11.6 Å². The normalized spacial score (nSPS) is 20.9. The van der Waals surface area contributed by atoms with Crippen molar-refractivity contribution in [2.24, 2.45) is 7.05 Å². The molecule has 90 valence electrons. The van der Waals surface area contributed by atoms with Crippen LogP contribution in [0.15, 0.2) is 24.4 Å². The lowest BCUT2D eigenvalue weighted by Gasteiger charge is -2.24. The molecule has 0 radical (unpaired) electrons. The Hall–Kier alpha value is -0.990. The smallest absolute Gasteiger partial charge is 0.0503 e. The van der Waals surface area contributed by atoms with Crippen molar-refractivity contribution in [3.63, 3.8) is 0 Å². The molecular formula is C14H17ClN2. The van der Waals surface area contributed by atoms with Crippen molar-refractivity contribution >= 4 is 22.5 Å². The largest absolute Gasteiger partial charge is 0.350 e. The van der Waals surface area contributed by atoms with Gasteiger partial charge in [0.2, 0.25) is 0 Å². The van der Waals surface area contributed by atoms with Gasteiger partial charge in [0.1, 0.15) is 0 Å². The van der Waals surface area contributed by atoms with Gasteiger partial charge < -0.3 is 9.88 Å². The number of fused-ring (bicyclic) bond motifs is 1. The van der Waals surface area contributed by atoms with Crippen LogP contribution in [-0.2, 0) is 7.05 Å². The summed E-state index contributed by atoms with van der Waals surface area (Å²) in [6, 6.07) is 6.94. The Morgan fingerprint density at radius 3 is 3.00 bits per heavy atom. The lowest BCUT2D eigenvalue weighted by Crippen LogP contribution is -2.26. The van der Waals surface area contributed by atoms with E-state index in [4.69, 9.17) is 11.6 Å². The summed E-state index contributed by atoms with van der Waals surface area (Å²) < 4.78 is 2.13. The van der Waals surface area contributed by atoms with Crippen LogP contribution in [0.3, 0.4) is 0 Å². The number of nitrogens with one attached hydrogen (secondary N) is 1. The van der Waals surface area contributed by atoms with Crippen LogP contribution in [-0.4, -0.2) is 11.1 Å². The average molecular weight is 249 g/mol. The number of piperidine rings is 1. The van der Waals surface area contributed by atoms with Crippen LogP contribution in [0.25, 0.3) is 10.9 Å². The number of hydrogen-bond donors (Lipinski definition) is 1. The van der Waals surface area contributed by atoms with E-state index in [0.29, 0.717) is 6.04 Å². The maximum Gasteiger partial charge on any atom is 0.0503 e. The number of benzene rings is 1. The molecule has 3 rings (SSSR count). The minimum Gasteiger partial charge on any atom is -0.350 e. The van der Waals surface area contributed by atoms with E-state index >= 15 is 0 Å². The van der Waals surface area contributed by atoms with Gasteiger partial charge in [-0.15, -0.1) is 0 Å². The first-order chi connectivity index (χ1) is 8.25. The fourth-order valence-corrected chi connectivity index (χ4v) is 2.97. The predicted octanol–water partition coefficient (Wildman–Crippen LogP) is 3.65. The summed E-state index contributed by atoms with van der Waals surface area (Å²) in [5.41, 5.74) is 2.55. The Bertz CT molecular complexity index is 538. The zero-order valence-corrected chi connectivity index (χ0v) is 10.8. The molecule has 17 heavy (non-hydrogen) atoms. The van der Waals surface area contributed by atoms with Crippen molar-refractivity contribution in [3.8, 4) is 0 Å². The van der Waals surface area contributed by atoms with Gasteiger partial charge >= 0.3 is 0 Å². The second kappa shape index (κ2) is 4.35. The maximum absolute atomic E-state index is 6.35. The topological polar surface area (TPSA) is 17.0 Å². The maximum atomic E-state index is 6.35. The van der Waals surface area contributed by atoms with Crippen LogP contribution in [0.5, 0.6) is 0 Å². The molecule has 2 aromatic rings. The van der Waals surface area contributed by atoms with Gasteiger partial charge in [-0.25, -0.2) is 0 Å². The van der Waals surface area contributed by atoms with Gasteiger partial charge in [0.05, 0.1) is 5.02 Å². The van der Waals surface area contributed by atoms with Gasteiger partial charge in [0.15, 0.2) is 0 Å². The summed E-state index contributed by atoms with van der Waals surface area (Å²) in [4.78, 5) is 0. The second-order valence-corrected chi connectivity index (χ2v) is 5.27. The van der Waals surface area contributed by atoms with Crippen molar-refractivity contribution in [2.45, 2.75) is 25.3 Å². The summed E-state index contributed by atoms with van der Waals surface area (Å²) in [5, 5.41) is 5.58. The average Bonchev–Trinajstić information content (AvgIpc) is 2.73. The molecule has 1 fully saturated rings. The SMILES string of the molecule is Cn1ccc2c(Cl)cc(C3CCCCN3)cc21. The Labute approximate surface area is 107 Å². The van der Waals surface area contributed by atoms with Crippen LogP contribution in [0, 0.1) is 0 Å². The van der Waals surface area contributed by atoms with Gasteiger partial charge in [-0.05, 0) is 43.1 Å². The molecule has 1 aromatic carbocycles. The van der Waals surface area contributed by atoms with E-state index in [0.717, 1.165) is 17.0 Å². The third kappa shape index (κ3) is 1.96. The van der Waals surface area contributed by atoms with E-state index in [1.54, 1.807) is 0 Å². The van der Waals surface area contributed by atoms with Crippen molar-refractivity contribution in [1.29, 1.82) is 0 Å². The molecule has 1 unspecified atom stereocenters. The number of rotatable bonds is 1. The molecular weight excluding hydrogens is 232 g/mol. The van der Waals surface area contributed by atoms with Gasteiger partial charge in [0, 0.05) is 30.2 Å². The minimum atomic E-state index is 0.473. The predicted molar refractivity (Wildman–Crippen MR) is 72.5 cm³/mol. The van der Waals surface area contributed by atoms with E-state index in [1.807, 2.05) is 0 Å². The summed E-state index contributed by atoms with van der Waals surface area (Å²) in [7, 11) is 2.07. The zero-order valence-electron chi connectivity index (χ0n) is 10.0. The number of aryl methyl sites for hydroxylation is 1. The monoisotopic (exact) mass is 248 g/mol. The van der Waals surface area contributed by atoms with Crippen LogP contribution in [0.1, 0.15) is 30.9 Å². The van der Waals surface area contributed by atoms with Crippen molar-refractivity contribution in [1.82, 2.24) is 9.88 Å². The molecule has 1 atom stereocenters. The van der Waals surface area contributed by atoms with E-state index in [-0.39, 0.29) is 0 Å². The molecule has 0 amide bonds. The number of halogens is 1. The van der Waals surface area contributed by atoms with Crippen molar-refractivity contribution in [2.75, 3.05) is 6.54 Å². The zero-order chi connectivity index (χ0) is 11.8. The molecule has 1 aliphatic heterocycles. The van der Waals surface area contributed by atoms with Crippen LogP contribution in [0.4, 0.5) is 0 Å². The molecule has 1 aromatic heterocycles. The highest BCUT2D eigenvalue weighted by Gasteiger charge is 2.16. The fourth-order valence-electron chi connectivity index (χ4n) is 2.68. The minimum absolute atomic E-state index is 0.473. The van der Waals surface area contributed by atoms with E-state index < -0.39 is 0 Å². The first kappa shape index (κ1) is 11.1. The molecule has 0 aliphatic carbocycles. The summed E-state index contributed by atoms with van der Waals surface area (Å²) in [6.45, 7) is 1.12. The summed E-state index contributed by atoms with van der Waals surface area (Å²) in [5.74, 6) is 0. The van der Waals surface area contributed by atoms with Gasteiger partial charge in [-0.1, -0.05) is 18.0 Å². The quantitative estimate of drug-likeness (QED) is 0.815. The molecule has 0 spiro atoms. The molecule has 3 heteroatoms. The molecule has 2 heterocycles. The molecule has 1 saturated heterocycles. The fraction of sp³-hybridized carbons (Fsp3) is 0.429. The highest BCUT2D eigenvalue weighted by atomic mass is 35.5. The number of hydrogen-bond acceptors (Lipinski definition) is 1. The first-order valence-electron chi connectivity index (χ1n) is 6.23.